The molecular weight excluding hydrogens is 953 g/mol. The van der Waals surface area contributed by atoms with Crippen molar-refractivity contribution in [2.45, 2.75) is 167 Å². The third-order valence-corrected chi connectivity index (χ3v) is 11.2. The van der Waals surface area contributed by atoms with E-state index in [1.54, 1.807) is 41.5 Å². The van der Waals surface area contributed by atoms with Crippen molar-refractivity contribution in [3.05, 3.63) is 18.2 Å². The summed E-state index contributed by atoms with van der Waals surface area (Å²) < 4.78 is 0. The van der Waals surface area contributed by atoms with Gasteiger partial charge >= 0.3 is 17.9 Å². The molecule has 0 aromatic carbocycles. The lowest BCUT2D eigenvalue weighted by atomic mass is 9.96. The Morgan fingerprint density at radius 1 is 0.597 bits per heavy atom. The van der Waals surface area contributed by atoms with E-state index in [4.69, 9.17) is 16.6 Å². The van der Waals surface area contributed by atoms with Crippen molar-refractivity contribution in [3.8, 4) is 0 Å². The number of aliphatic hydroxyl groups excluding tert-OH is 1. The molecule has 1 heterocycles. The van der Waals surface area contributed by atoms with E-state index in [-0.39, 0.29) is 31.1 Å². The highest BCUT2D eigenvalue weighted by molar-refractivity contribution is 5.99. The van der Waals surface area contributed by atoms with Crippen LogP contribution in [-0.2, 0) is 64.0 Å². The summed E-state index contributed by atoms with van der Waals surface area (Å²) in [6.07, 6.45) is -2.04. The highest BCUT2D eigenvalue weighted by atomic mass is 16.4. The number of primary amides is 1. The molecule has 0 spiro atoms. The number of nitrogens with one attached hydrogen (secondary N) is 9. The first-order valence-electron chi connectivity index (χ1n) is 23.3. The molecule has 0 aliphatic carbocycles. The maximum absolute atomic E-state index is 13.8. The fourth-order valence-corrected chi connectivity index (χ4v) is 6.65. The number of imidazole rings is 1. The summed E-state index contributed by atoms with van der Waals surface area (Å²) in [7, 11) is 0. The summed E-state index contributed by atoms with van der Waals surface area (Å²) in [5.41, 5.74) is 11.6. The molecule has 0 aliphatic heterocycles. The summed E-state index contributed by atoms with van der Waals surface area (Å²) in [6, 6.07) is -13.8. The van der Waals surface area contributed by atoms with Crippen molar-refractivity contribution in [2.24, 2.45) is 29.2 Å². The standard InChI is InChI=1S/C44H72N12O16/c1-9-21(6)34(42(69)53-27(14-19(2)3)39(66)51-26(44(71)72)11-13-31(59)60)55-40(67)29(16-32(61)62)52-37(64)25(10-12-30(45)58)50-36(63)22(7)49-38(65)28(15-24-17-47-18-48-24)54-43(70)35(23(8)57)56-41(68)33(46)20(4)5/h17-23,25-29,33-35,57H,9-16,46H2,1-8H3,(H2,45,58)(H,47,48)(H,49,65)(H,50,63)(H,51,66)(H,52,64)(H,53,69)(H,54,70)(H,55,67)(H,56,68)(H,59,60)(H,61,62)(H,71,72)/t21-,22-,23+,25-,26-,27-,28-,29-,33-,34-,35-/m0/s1. The van der Waals surface area contributed by atoms with E-state index in [9.17, 15) is 72.9 Å². The summed E-state index contributed by atoms with van der Waals surface area (Å²) in [5.74, 6) is -14.8. The van der Waals surface area contributed by atoms with Gasteiger partial charge in [0.25, 0.3) is 0 Å². The number of hydrogen-bond acceptors (Lipinski definition) is 15. The molecule has 0 saturated heterocycles. The van der Waals surface area contributed by atoms with Crippen molar-refractivity contribution >= 4 is 71.1 Å². The number of hydrogen-bond donors (Lipinski definition) is 15. The molecule has 17 N–H and O–H groups in total. The molecule has 0 aliphatic rings. The summed E-state index contributed by atoms with van der Waals surface area (Å²) in [4.78, 5) is 162. The molecule has 404 valence electrons. The van der Waals surface area contributed by atoms with Crippen LogP contribution in [0.3, 0.4) is 0 Å². The van der Waals surface area contributed by atoms with Gasteiger partial charge in [0.1, 0.15) is 48.3 Å². The van der Waals surface area contributed by atoms with Crippen LogP contribution < -0.4 is 54.0 Å². The predicted octanol–water partition coefficient (Wildman–Crippen LogP) is -4.00. The third-order valence-electron chi connectivity index (χ3n) is 11.2. The monoisotopic (exact) mass is 1020 g/mol. The van der Waals surface area contributed by atoms with Crippen LogP contribution >= 0.6 is 0 Å². The highest BCUT2D eigenvalue weighted by Crippen LogP contribution is 2.13. The second-order valence-corrected chi connectivity index (χ2v) is 18.2. The Morgan fingerprint density at radius 3 is 1.60 bits per heavy atom. The molecule has 0 saturated carbocycles. The number of rotatable bonds is 33. The zero-order chi connectivity index (χ0) is 55.2. The second kappa shape index (κ2) is 30.5. The maximum atomic E-state index is 13.8. The van der Waals surface area contributed by atoms with E-state index < -0.39 is 170 Å². The predicted molar refractivity (Wildman–Crippen MR) is 252 cm³/mol. The van der Waals surface area contributed by atoms with Crippen LogP contribution in [0.5, 0.6) is 0 Å². The Bertz CT molecular complexity index is 2070. The average Bonchev–Trinajstić information content (AvgIpc) is 3.80. The third kappa shape index (κ3) is 22.2. The van der Waals surface area contributed by atoms with Gasteiger partial charge in [-0.15, -0.1) is 0 Å². The largest absolute Gasteiger partial charge is 0.481 e. The number of nitrogens with two attached hydrogens (primary N) is 2. The van der Waals surface area contributed by atoms with Gasteiger partial charge in [0.15, 0.2) is 0 Å². The Kier molecular flexibility index (Phi) is 26.6. The molecule has 0 radical (unpaired) electrons. The number of H-pyrrole nitrogens is 1. The van der Waals surface area contributed by atoms with E-state index in [2.05, 4.69) is 52.5 Å². The molecule has 72 heavy (non-hydrogen) atoms. The van der Waals surface area contributed by atoms with Gasteiger partial charge in [0.05, 0.1) is 24.9 Å². The van der Waals surface area contributed by atoms with Crippen molar-refractivity contribution in [2.75, 3.05) is 0 Å². The molecular formula is C44H72N12O16. The Labute approximate surface area is 415 Å². The van der Waals surface area contributed by atoms with Gasteiger partial charge in [-0.2, -0.15) is 0 Å². The molecule has 0 bridgehead atoms. The zero-order valence-electron chi connectivity index (χ0n) is 41.6. The van der Waals surface area contributed by atoms with Gasteiger partial charge in [-0.05, 0) is 50.9 Å². The molecule has 28 nitrogen and oxygen atoms in total. The lowest BCUT2D eigenvalue weighted by molar-refractivity contribution is -0.143. The van der Waals surface area contributed by atoms with Gasteiger partial charge in [-0.1, -0.05) is 48.0 Å². The van der Waals surface area contributed by atoms with E-state index in [1.165, 1.54) is 26.4 Å². The van der Waals surface area contributed by atoms with Crippen LogP contribution in [0, 0.1) is 17.8 Å². The number of aromatic amines is 1. The van der Waals surface area contributed by atoms with Crippen molar-refractivity contribution < 1.29 is 78.0 Å². The number of aliphatic hydroxyl groups is 1. The van der Waals surface area contributed by atoms with Crippen LogP contribution in [0.4, 0.5) is 0 Å². The number of carbonyl (C=O) groups excluding carboxylic acids is 9. The summed E-state index contributed by atoms with van der Waals surface area (Å²) >= 11 is 0. The van der Waals surface area contributed by atoms with Gasteiger partial charge in [0, 0.05) is 31.2 Å². The van der Waals surface area contributed by atoms with Crippen molar-refractivity contribution in [1.82, 2.24) is 52.5 Å². The molecule has 1 rings (SSSR count). The fraction of sp³-hybridized carbons (Fsp3) is 0.659. The summed E-state index contributed by atoms with van der Waals surface area (Å²) in [5, 5.41) is 57.6. The minimum absolute atomic E-state index is 0.0371. The summed E-state index contributed by atoms with van der Waals surface area (Å²) in [6.45, 7) is 12.3. The molecule has 0 unspecified atom stereocenters. The quantitative estimate of drug-likeness (QED) is 0.0319. The molecule has 1 aromatic heterocycles. The Morgan fingerprint density at radius 2 is 1.10 bits per heavy atom. The van der Waals surface area contributed by atoms with Gasteiger partial charge in [-0.25, -0.2) is 9.78 Å². The van der Waals surface area contributed by atoms with E-state index >= 15 is 0 Å². The fourth-order valence-electron chi connectivity index (χ4n) is 6.65. The Hall–Kier alpha value is -7.23. The van der Waals surface area contributed by atoms with Crippen molar-refractivity contribution in [3.63, 3.8) is 0 Å². The first kappa shape index (κ1) is 62.8. The van der Waals surface area contributed by atoms with E-state index in [1.807, 2.05) is 0 Å². The van der Waals surface area contributed by atoms with Crippen LogP contribution in [0.15, 0.2) is 12.5 Å². The average molecular weight is 1030 g/mol. The molecule has 11 atom stereocenters. The van der Waals surface area contributed by atoms with Crippen LogP contribution in [0.25, 0.3) is 0 Å². The minimum atomic E-state index is -1.94. The molecule has 0 fully saturated rings. The van der Waals surface area contributed by atoms with Gasteiger partial charge in [-0.3, -0.25) is 52.7 Å². The lowest BCUT2D eigenvalue weighted by Gasteiger charge is -2.29. The Balaban J connectivity index is 3.39. The topological polar surface area (TPSA) is 463 Å². The maximum Gasteiger partial charge on any atom is 0.326 e. The molecule has 1 aromatic rings. The van der Waals surface area contributed by atoms with E-state index in [0.29, 0.717) is 5.69 Å². The van der Waals surface area contributed by atoms with Crippen molar-refractivity contribution in [1.29, 1.82) is 0 Å². The van der Waals surface area contributed by atoms with E-state index in [0.717, 1.165) is 0 Å². The second-order valence-electron chi connectivity index (χ2n) is 18.2. The first-order chi connectivity index (χ1) is 33.5. The number of aliphatic carboxylic acids is 3. The number of nitrogens with zero attached hydrogens (tertiary/aromatic N) is 1. The van der Waals surface area contributed by atoms with Crippen LogP contribution in [-0.4, -0.2) is 162 Å². The van der Waals surface area contributed by atoms with Gasteiger partial charge in [0.2, 0.25) is 53.2 Å². The molecule has 28 heteroatoms. The smallest absolute Gasteiger partial charge is 0.326 e. The lowest BCUT2D eigenvalue weighted by Crippen LogP contribution is -2.61. The normalized spacial score (nSPS) is 15.8. The SMILES string of the molecule is CC[C@H](C)[C@H](NC(=O)[C@H](CC(=O)O)NC(=O)[C@H](CCC(N)=O)NC(=O)[C@H](C)NC(=O)[C@H](Cc1cnc[nH]1)NC(=O)[C@@H](NC(=O)[C@@H](N)C(C)C)[C@@H](C)O)C(=O)N[C@@H](CC(C)C)C(=O)N[C@@H](CCC(=O)O)C(=O)O. The first-order valence-corrected chi connectivity index (χ1v) is 23.3. The number of carbonyl (C=O) groups is 12. The van der Waals surface area contributed by atoms with Gasteiger partial charge < -0.3 is 79.4 Å². The number of carboxylic acid groups (broad SMARTS) is 3. The molecule has 9 amide bonds. The van der Waals surface area contributed by atoms with Crippen LogP contribution in [0.2, 0.25) is 0 Å². The number of amides is 9. The number of carboxylic acids is 3. The van der Waals surface area contributed by atoms with Crippen LogP contribution in [0.1, 0.15) is 106 Å². The minimum Gasteiger partial charge on any atom is -0.481 e. The number of aromatic nitrogens is 2. The highest BCUT2D eigenvalue weighted by Gasteiger charge is 2.37. The zero-order valence-corrected chi connectivity index (χ0v) is 41.6.